The number of nitrogens with one attached hydrogen (secondary N) is 1. The Morgan fingerprint density at radius 1 is 0.636 bits per heavy atom. The number of anilines is 2. The molecule has 226 valence electrons. The Hall–Kier alpha value is -4.30. The van der Waals surface area contributed by atoms with Crippen LogP contribution in [-0.4, -0.2) is 54.9 Å². The molecule has 0 aromatic heterocycles. The van der Waals surface area contributed by atoms with Crippen LogP contribution in [0.5, 0.6) is 0 Å². The summed E-state index contributed by atoms with van der Waals surface area (Å²) < 4.78 is 0. The van der Waals surface area contributed by atoms with E-state index in [2.05, 4.69) is 17.4 Å². The number of hydrogen-bond donors (Lipinski definition) is 3. The summed E-state index contributed by atoms with van der Waals surface area (Å²) >= 11 is 0. The van der Waals surface area contributed by atoms with Crippen molar-refractivity contribution >= 4 is 23.2 Å². The molecular formula is C37H39N3O4. The van der Waals surface area contributed by atoms with Crippen LogP contribution in [0.25, 0.3) is 11.1 Å². The second-order valence-corrected chi connectivity index (χ2v) is 11.5. The van der Waals surface area contributed by atoms with Gasteiger partial charge in [0.05, 0.1) is 6.61 Å². The van der Waals surface area contributed by atoms with Crippen molar-refractivity contribution in [2.45, 2.75) is 38.6 Å². The second-order valence-electron chi connectivity index (χ2n) is 11.5. The van der Waals surface area contributed by atoms with E-state index in [1.165, 1.54) is 16.7 Å². The van der Waals surface area contributed by atoms with E-state index in [4.69, 9.17) is 10.2 Å². The lowest BCUT2D eigenvalue weighted by Gasteiger charge is -2.20. The lowest BCUT2D eigenvalue weighted by atomic mass is 9.93. The van der Waals surface area contributed by atoms with Crippen molar-refractivity contribution in [1.29, 1.82) is 0 Å². The standard InChI is InChI=1S/C37H39N3O4/c41-23-2-1-5-26-10-14-28(15-11-26)36(43)39-21-18-32-30(6-3-8-34(32)39)31-7-4-9-35-33(31)19-22-40(35)37(44)29-16-12-27(13-17-29)25-38-20-24-42/h3-4,6-17,38,41-42H,1-2,5,18-25H2. The number of carbonyl (C=O) groups is 2. The average molecular weight is 590 g/mol. The molecule has 0 saturated heterocycles. The molecule has 0 atom stereocenters. The lowest BCUT2D eigenvalue weighted by Crippen LogP contribution is -2.28. The van der Waals surface area contributed by atoms with Crippen molar-refractivity contribution in [3.63, 3.8) is 0 Å². The molecule has 6 rings (SSSR count). The van der Waals surface area contributed by atoms with Gasteiger partial charge in [0.1, 0.15) is 0 Å². The summed E-state index contributed by atoms with van der Waals surface area (Å²) in [6, 6.07) is 27.9. The molecule has 0 bridgehead atoms. The summed E-state index contributed by atoms with van der Waals surface area (Å²) in [6.45, 7) is 2.74. The van der Waals surface area contributed by atoms with Crippen LogP contribution in [0, 0.1) is 0 Å². The van der Waals surface area contributed by atoms with E-state index in [-0.39, 0.29) is 25.0 Å². The van der Waals surface area contributed by atoms with E-state index in [9.17, 15) is 9.59 Å². The van der Waals surface area contributed by atoms with Crippen LogP contribution in [-0.2, 0) is 25.8 Å². The highest BCUT2D eigenvalue weighted by Crippen LogP contribution is 2.42. The molecule has 0 unspecified atom stereocenters. The molecule has 4 aromatic rings. The zero-order valence-corrected chi connectivity index (χ0v) is 25.0. The van der Waals surface area contributed by atoms with Gasteiger partial charge in [0.15, 0.2) is 0 Å². The molecule has 7 nitrogen and oxygen atoms in total. The van der Waals surface area contributed by atoms with Gasteiger partial charge in [-0.05, 0) is 102 Å². The summed E-state index contributed by atoms with van der Waals surface area (Å²) in [7, 11) is 0. The number of aliphatic hydroxyl groups is 2. The zero-order chi connectivity index (χ0) is 30.5. The SMILES string of the molecule is O=C(c1ccc(CCCCO)cc1)N1CCc2c(-c3cccc4c3CCN4C(=O)c3ccc(CNCCO)cc3)cccc21. The van der Waals surface area contributed by atoms with Gasteiger partial charge in [-0.1, -0.05) is 48.5 Å². The first-order valence-electron chi connectivity index (χ1n) is 15.6. The van der Waals surface area contributed by atoms with Crippen LogP contribution in [0.2, 0.25) is 0 Å². The van der Waals surface area contributed by atoms with Gasteiger partial charge in [-0.2, -0.15) is 0 Å². The van der Waals surface area contributed by atoms with Crippen LogP contribution in [0.15, 0.2) is 84.9 Å². The first-order chi connectivity index (χ1) is 21.6. The van der Waals surface area contributed by atoms with E-state index >= 15 is 0 Å². The monoisotopic (exact) mass is 589 g/mol. The van der Waals surface area contributed by atoms with Crippen molar-refractivity contribution in [2.75, 3.05) is 42.6 Å². The number of aliphatic hydroxyl groups excluding tert-OH is 2. The Balaban J connectivity index is 1.21. The first-order valence-corrected chi connectivity index (χ1v) is 15.6. The number of unbranched alkanes of at least 4 members (excludes halogenated alkanes) is 1. The molecule has 7 heteroatoms. The van der Waals surface area contributed by atoms with Crippen LogP contribution in [0.1, 0.15) is 55.8 Å². The van der Waals surface area contributed by atoms with Crippen LogP contribution in [0.3, 0.4) is 0 Å². The summed E-state index contributed by atoms with van der Waals surface area (Å²) in [5.41, 5.74) is 10.1. The average Bonchev–Trinajstić information content (AvgIpc) is 3.70. The van der Waals surface area contributed by atoms with Crippen molar-refractivity contribution in [1.82, 2.24) is 5.32 Å². The van der Waals surface area contributed by atoms with E-state index < -0.39 is 0 Å². The fourth-order valence-electron chi connectivity index (χ4n) is 6.44. The van der Waals surface area contributed by atoms with Crippen molar-refractivity contribution in [2.24, 2.45) is 0 Å². The van der Waals surface area contributed by atoms with Gasteiger partial charge in [-0.25, -0.2) is 0 Å². The molecule has 4 aromatic carbocycles. The highest BCUT2D eigenvalue weighted by atomic mass is 16.3. The highest BCUT2D eigenvalue weighted by Gasteiger charge is 2.31. The second kappa shape index (κ2) is 13.6. The fraction of sp³-hybridized carbons (Fsp3) is 0.297. The molecule has 2 heterocycles. The van der Waals surface area contributed by atoms with Crippen molar-refractivity contribution in [3.05, 3.63) is 118 Å². The van der Waals surface area contributed by atoms with E-state index in [1.54, 1.807) is 0 Å². The summed E-state index contributed by atoms with van der Waals surface area (Å²) in [5, 5.41) is 21.2. The maximum absolute atomic E-state index is 13.6. The molecule has 3 N–H and O–H groups in total. The van der Waals surface area contributed by atoms with Gasteiger partial charge in [0, 0.05) is 55.3 Å². The third-order valence-corrected chi connectivity index (χ3v) is 8.73. The summed E-state index contributed by atoms with van der Waals surface area (Å²) in [5.74, 6) is -0.00156. The minimum Gasteiger partial charge on any atom is -0.396 e. The number of fused-ring (bicyclic) bond motifs is 2. The molecule has 2 aliphatic rings. The highest BCUT2D eigenvalue weighted by molar-refractivity contribution is 6.09. The molecule has 0 aliphatic carbocycles. The predicted octanol–water partition coefficient (Wildman–Crippen LogP) is 5.16. The van der Waals surface area contributed by atoms with E-state index in [0.29, 0.717) is 37.3 Å². The third-order valence-electron chi connectivity index (χ3n) is 8.73. The maximum Gasteiger partial charge on any atom is 0.258 e. The Labute approximate surface area is 258 Å². The first kappa shape index (κ1) is 29.8. The molecule has 0 spiro atoms. The van der Waals surface area contributed by atoms with Crippen molar-refractivity contribution in [3.8, 4) is 11.1 Å². The molecule has 0 radical (unpaired) electrons. The van der Waals surface area contributed by atoms with Crippen molar-refractivity contribution < 1.29 is 19.8 Å². The number of amides is 2. The third kappa shape index (κ3) is 6.04. The Morgan fingerprint density at radius 2 is 1.16 bits per heavy atom. The van der Waals surface area contributed by atoms with Crippen LogP contribution < -0.4 is 15.1 Å². The number of nitrogens with zero attached hydrogens (tertiary/aromatic N) is 2. The summed E-state index contributed by atoms with van der Waals surface area (Å²) in [6.07, 6.45) is 4.16. The zero-order valence-electron chi connectivity index (χ0n) is 25.0. The van der Waals surface area contributed by atoms with Gasteiger partial charge in [-0.15, -0.1) is 0 Å². The van der Waals surface area contributed by atoms with Gasteiger partial charge < -0.3 is 25.3 Å². The topological polar surface area (TPSA) is 93.1 Å². The van der Waals surface area contributed by atoms with Crippen LogP contribution in [0.4, 0.5) is 11.4 Å². The molecule has 2 aliphatic heterocycles. The number of rotatable bonds is 11. The number of hydrogen-bond acceptors (Lipinski definition) is 5. The van der Waals surface area contributed by atoms with Gasteiger partial charge in [0.2, 0.25) is 0 Å². The van der Waals surface area contributed by atoms with Gasteiger partial charge in [-0.3, -0.25) is 9.59 Å². The largest absolute Gasteiger partial charge is 0.396 e. The quantitative estimate of drug-likeness (QED) is 0.210. The number of aryl methyl sites for hydroxylation is 1. The minimum atomic E-state index is -0.00903. The number of carbonyl (C=O) groups excluding carboxylic acids is 2. The Bertz CT molecular complexity index is 1510. The number of benzene rings is 4. The Morgan fingerprint density at radius 3 is 1.66 bits per heavy atom. The maximum atomic E-state index is 13.6. The lowest BCUT2D eigenvalue weighted by molar-refractivity contribution is 0.0981. The van der Waals surface area contributed by atoms with Gasteiger partial charge in [0.25, 0.3) is 11.8 Å². The van der Waals surface area contributed by atoms with E-state index in [0.717, 1.165) is 60.2 Å². The normalized spacial score (nSPS) is 13.7. The summed E-state index contributed by atoms with van der Waals surface area (Å²) in [4.78, 5) is 30.9. The Kier molecular flexibility index (Phi) is 9.17. The van der Waals surface area contributed by atoms with E-state index in [1.807, 2.05) is 82.6 Å². The molecule has 0 saturated carbocycles. The fourth-order valence-corrected chi connectivity index (χ4v) is 6.44. The van der Waals surface area contributed by atoms with Gasteiger partial charge >= 0.3 is 0 Å². The molecule has 0 fully saturated rings. The van der Waals surface area contributed by atoms with Crippen LogP contribution >= 0.6 is 0 Å². The predicted molar refractivity (Wildman–Crippen MR) is 174 cm³/mol. The minimum absolute atomic E-state index is 0.00747. The molecule has 2 amide bonds. The smallest absolute Gasteiger partial charge is 0.258 e. The molecular weight excluding hydrogens is 550 g/mol. The molecule has 44 heavy (non-hydrogen) atoms.